The maximum atomic E-state index is 5.94. The first-order valence-corrected chi connectivity index (χ1v) is 6.78. The van der Waals surface area contributed by atoms with Crippen molar-refractivity contribution in [2.75, 3.05) is 30.4 Å². The van der Waals surface area contributed by atoms with Gasteiger partial charge in [0.1, 0.15) is 11.6 Å². The van der Waals surface area contributed by atoms with Gasteiger partial charge in [-0.3, -0.25) is 0 Å². The van der Waals surface area contributed by atoms with Gasteiger partial charge < -0.3 is 15.4 Å². The Morgan fingerprint density at radius 3 is 2.80 bits per heavy atom. The molecule has 0 aliphatic carbocycles. The van der Waals surface area contributed by atoms with Gasteiger partial charge in [-0.1, -0.05) is 30.3 Å². The van der Waals surface area contributed by atoms with Gasteiger partial charge in [-0.2, -0.15) is 0 Å². The highest BCUT2D eigenvalue weighted by Crippen LogP contribution is 2.23. The molecule has 0 radical (unpaired) electrons. The molecular formula is C15H18N4O. The van der Waals surface area contributed by atoms with Crippen molar-refractivity contribution in [3.05, 3.63) is 36.4 Å². The monoisotopic (exact) mass is 270 g/mol. The Morgan fingerprint density at radius 2 is 2.05 bits per heavy atom. The van der Waals surface area contributed by atoms with Crippen LogP contribution in [0, 0.1) is 0 Å². The van der Waals surface area contributed by atoms with Crippen LogP contribution in [-0.2, 0) is 4.74 Å². The normalized spacial score (nSPS) is 19.1. The molecule has 1 atom stereocenters. The lowest BCUT2D eigenvalue weighted by atomic mass is 10.2. The molecule has 1 fully saturated rings. The molecule has 0 bridgehead atoms. The van der Waals surface area contributed by atoms with Crippen LogP contribution in [0.4, 0.5) is 11.6 Å². The van der Waals surface area contributed by atoms with Gasteiger partial charge in [-0.25, -0.2) is 9.97 Å². The molecule has 5 heteroatoms. The minimum Gasteiger partial charge on any atom is -0.384 e. The lowest BCUT2D eigenvalue weighted by molar-refractivity contribution is 0.0985. The lowest BCUT2D eigenvalue weighted by Crippen LogP contribution is -2.44. The third-order valence-corrected chi connectivity index (χ3v) is 3.43. The predicted molar refractivity (Wildman–Crippen MR) is 79.5 cm³/mol. The summed E-state index contributed by atoms with van der Waals surface area (Å²) in [7, 11) is 0. The summed E-state index contributed by atoms with van der Waals surface area (Å²) in [5.41, 5.74) is 6.91. The Bertz CT molecular complexity index is 588. The van der Waals surface area contributed by atoms with Crippen molar-refractivity contribution in [3.8, 4) is 11.4 Å². The molecule has 2 N–H and O–H groups in total. The van der Waals surface area contributed by atoms with Crippen LogP contribution in [0.3, 0.4) is 0 Å². The summed E-state index contributed by atoms with van der Waals surface area (Å²) in [5, 5.41) is 0. The molecule has 1 aliphatic heterocycles. The fourth-order valence-electron chi connectivity index (χ4n) is 2.38. The molecule has 2 heterocycles. The van der Waals surface area contributed by atoms with Crippen molar-refractivity contribution < 1.29 is 4.74 Å². The molecule has 3 rings (SSSR count). The van der Waals surface area contributed by atoms with Gasteiger partial charge in [0.15, 0.2) is 5.82 Å². The van der Waals surface area contributed by atoms with Crippen LogP contribution in [0.5, 0.6) is 0 Å². The number of morpholine rings is 1. The fraction of sp³-hybridized carbons (Fsp3) is 0.333. The van der Waals surface area contributed by atoms with Gasteiger partial charge in [0.05, 0.1) is 19.3 Å². The third-order valence-electron chi connectivity index (χ3n) is 3.43. The smallest absolute Gasteiger partial charge is 0.163 e. The van der Waals surface area contributed by atoms with Gasteiger partial charge in [0, 0.05) is 18.2 Å². The second-order valence-corrected chi connectivity index (χ2v) is 4.96. The highest BCUT2D eigenvalue weighted by Gasteiger charge is 2.21. The van der Waals surface area contributed by atoms with Crippen LogP contribution >= 0.6 is 0 Å². The van der Waals surface area contributed by atoms with E-state index in [0.717, 1.165) is 24.5 Å². The van der Waals surface area contributed by atoms with E-state index in [-0.39, 0.29) is 0 Å². The van der Waals surface area contributed by atoms with Crippen molar-refractivity contribution in [1.82, 2.24) is 9.97 Å². The second kappa shape index (κ2) is 5.46. The molecule has 1 unspecified atom stereocenters. The van der Waals surface area contributed by atoms with Crippen LogP contribution in [0.2, 0.25) is 0 Å². The number of aromatic nitrogens is 2. The minimum atomic E-state index is 0.293. The average molecular weight is 270 g/mol. The Labute approximate surface area is 118 Å². The maximum absolute atomic E-state index is 5.94. The number of hydrogen-bond donors (Lipinski definition) is 1. The van der Waals surface area contributed by atoms with Crippen molar-refractivity contribution in [2.45, 2.75) is 13.0 Å². The summed E-state index contributed by atoms with van der Waals surface area (Å²) < 4.78 is 5.46. The van der Waals surface area contributed by atoms with Gasteiger partial charge in [0.2, 0.25) is 0 Å². The highest BCUT2D eigenvalue weighted by molar-refractivity contribution is 5.61. The molecule has 0 amide bonds. The van der Waals surface area contributed by atoms with Gasteiger partial charge in [-0.15, -0.1) is 0 Å². The summed E-state index contributed by atoms with van der Waals surface area (Å²) in [6.45, 7) is 4.38. The summed E-state index contributed by atoms with van der Waals surface area (Å²) in [6, 6.07) is 12.0. The molecule has 0 saturated carbocycles. The Kier molecular flexibility index (Phi) is 3.52. The van der Waals surface area contributed by atoms with E-state index >= 15 is 0 Å². The van der Waals surface area contributed by atoms with E-state index in [1.165, 1.54) is 0 Å². The number of rotatable bonds is 2. The summed E-state index contributed by atoms with van der Waals surface area (Å²) in [6.07, 6.45) is 0. The highest BCUT2D eigenvalue weighted by atomic mass is 16.5. The quantitative estimate of drug-likeness (QED) is 0.903. The Balaban J connectivity index is 1.98. The number of benzene rings is 1. The molecule has 20 heavy (non-hydrogen) atoms. The first-order valence-electron chi connectivity index (χ1n) is 6.78. The summed E-state index contributed by atoms with van der Waals surface area (Å²) in [5.74, 6) is 2.03. The summed E-state index contributed by atoms with van der Waals surface area (Å²) >= 11 is 0. The van der Waals surface area contributed by atoms with Crippen molar-refractivity contribution >= 4 is 11.6 Å². The molecule has 104 valence electrons. The number of hydrogen-bond acceptors (Lipinski definition) is 5. The average Bonchev–Trinajstić information content (AvgIpc) is 2.48. The van der Waals surface area contributed by atoms with Gasteiger partial charge in [0.25, 0.3) is 0 Å². The first-order chi connectivity index (χ1) is 9.74. The molecular weight excluding hydrogens is 252 g/mol. The van der Waals surface area contributed by atoms with Crippen molar-refractivity contribution in [2.24, 2.45) is 0 Å². The molecule has 5 nitrogen and oxygen atoms in total. The van der Waals surface area contributed by atoms with Crippen LogP contribution in [0.1, 0.15) is 6.92 Å². The van der Waals surface area contributed by atoms with E-state index in [9.17, 15) is 0 Å². The first kappa shape index (κ1) is 12.9. The van der Waals surface area contributed by atoms with E-state index in [2.05, 4.69) is 21.8 Å². The second-order valence-electron chi connectivity index (χ2n) is 4.96. The third kappa shape index (κ3) is 2.58. The van der Waals surface area contributed by atoms with Crippen LogP contribution < -0.4 is 10.6 Å². The van der Waals surface area contributed by atoms with Crippen LogP contribution in [0.25, 0.3) is 11.4 Å². The minimum absolute atomic E-state index is 0.293. The van der Waals surface area contributed by atoms with E-state index in [0.29, 0.717) is 24.3 Å². The fourth-order valence-corrected chi connectivity index (χ4v) is 2.38. The number of nitrogens with two attached hydrogens (primary N) is 1. The molecule has 0 spiro atoms. The SMILES string of the molecule is CC1COCCN1c1cc(N)nc(-c2ccccc2)n1. The Hall–Kier alpha value is -2.14. The molecule has 1 aromatic heterocycles. The largest absolute Gasteiger partial charge is 0.384 e. The van der Waals surface area contributed by atoms with E-state index in [1.807, 2.05) is 36.4 Å². The number of nitrogens with zero attached hydrogens (tertiary/aromatic N) is 3. The topological polar surface area (TPSA) is 64.3 Å². The zero-order valence-corrected chi connectivity index (χ0v) is 11.5. The van der Waals surface area contributed by atoms with Crippen LogP contribution in [-0.4, -0.2) is 35.8 Å². The van der Waals surface area contributed by atoms with E-state index < -0.39 is 0 Å². The standard InChI is InChI=1S/C15H18N4O/c1-11-10-20-8-7-19(11)14-9-13(16)17-15(18-14)12-5-3-2-4-6-12/h2-6,9,11H,7-8,10H2,1H3,(H2,16,17,18). The molecule has 2 aromatic rings. The number of anilines is 2. The predicted octanol–water partition coefficient (Wildman–Crippen LogP) is 1.95. The van der Waals surface area contributed by atoms with Gasteiger partial charge >= 0.3 is 0 Å². The zero-order valence-electron chi connectivity index (χ0n) is 11.5. The number of ether oxygens (including phenoxy) is 1. The van der Waals surface area contributed by atoms with Crippen molar-refractivity contribution in [1.29, 1.82) is 0 Å². The zero-order chi connectivity index (χ0) is 13.9. The lowest BCUT2D eigenvalue weighted by Gasteiger charge is -2.34. The number of nitrogen functional groups attached to an aromatic ring is 1. The van der Waals surface area contributed by atoms with E-state index in [4.69, 9.17) is 10.5 Å². The van der Waals surface area contributed by atoms with Gasteiger partial charge in [-0.05, 0) is 6.92 Å². The van der Waals surface area contributed by atoms with Crippen molar-refractivity contribution in [3.63, 3.8) is 0 Å². The molecule has 1 aliphatic rings. The van der Waals surface area contributed by atoms with Crippen LogP contribution in [0.15, 0.2) is 36.4 Å². The maximum Gasteiger partial charge on any atom is 0.163 e. The van der Waals surface area contributed by atoms with E-state index in [1.54, 1.807) is 0 Å². The summed E-state index contributed by atoms with van der Waals surface area (Å²) in [4.78, 5) is 11.2. The molecule has 1 saturated heterocycles. The molecule has 1 aromatic carbocycles. The Morgan fingerprint density at radius 1 is 1.25 bits per heavy atom.